The lowest BCUT2D eigenvalue weighted by molar-refractivity contribution is 0.169. The molecule has 8 nitrogen and oxygen atoms in total. The lowest BCUT2D eigenvalue weighted by Crippen LogP contribution is -2.52. The van der Waals surface area contributed by atoms with Gasteiger partial charge in [0.1, 0.15) is 17.8 Å². The molecule has 1 aliphatic rings. The van der Waals surface area contributed by atoms with E-state index in [1.807, 2.05) is 18.2 Å². The van der Waals surface area contributed by atoms with Gasteiger partial charge < -0.3 is 19.5 Å². The summed E-state index contributed by atoms with van der Waals surface area (Å²) in [6.45, 7) is 7.81. The van der Waals surface area contributed by atoms with Gasteiger partial charge in [-0.3, -0.25) is 4.90 Å². The van der Waals surface area contributed by atoms with Crippen LogP contribution in [0.5, 0.6) is 11.6 Å². The van der Waals surface area contributed by atoms with E-state index in [0.29, 0.717) is 18.2 Å². The van der Waals surface area contributed by atoms with Crippen LogP contribution in [0.15, 0.2) is 64.4 Å². The molecule has 0 aliphatic carbocycles. The number of hydrogen-bond donors (Lipinski definition) is 1. The van der Waals surface area contributed by atoms with Gasteiger partial charge in [0.15, 0.2) is 5.96 Å². The van der Waals surface area contributed by atoms with Gasteiger partial charge >= 0.3 is 0 Å². The van der Waals surface area contributed by atoms with Crippen LogP contribution in [-0.4, -0.2) is 58.6 Å². The maximum atomic E-state index is 13.1. The van der Waals surface area contributed by atoms with E-state index in [4.69, 9.17) is 14.3 Å². The van der Waals surface area contributed by atoms with Crippen molar-refractivity contribution >= 4 is 5.96 Å². The Morgan fingerprint density at radius 1 is 1.16 bits per heavy atom. The van der Waals surface area contributed by atoms with Crippen molar-refractivity contribution in [1.29, 1.82) is 0 Å². The van der Waals surface area contributed by atoms with Crippen LogP contribution in [0.3, 0.4) is 0 Å². The number of benzene rings is 1. The number of nitrogens with zero attached hydrogens (tertiary/aromatic N) is 5. The highest BCUT2D eigenvalue weighted by Crippen LogP contribution is 2.20. The first-order valence-corrected chi connectivity index (χ1v) is 10.7. The summed E-state index contributed by atoms with van der Waals surface area (Å²) in [4.78, 5) is 13.7. The average Bonchev–Trinajstić information content (AvgIpc) is 3.32. The predicted molar refractivity (Wildman–Crippen MR) is 119 cm³/mol. The number of halogens is 1. The smallest absolute Gasteiger partial charge is 0.219 e. The fourth-order valence-corrected chi connectivity index (χ4v) is 3.49. The van der Waals surface area contributed by atoms with Crippen molar-refractivity contribution in [2.24, 2.45) is 4.99 Å². The number of aromatic nitrogens is 2. The van der Waals surface area contributed by atoms with E-state index in [9.17, 15) is 4.39 Å². The molecule has 32 heavy (non-hydrogen) atoms. The minimum atomic E-state index is -0.302. The maximum Gasteiger partial charge on any atom is 0.219 e. The highest BCUT2D eigenvalue weighted by Gasteiger charge is 2.20. The zero-order valence-corrected chi connectivity index (χ0v) is 18.1. The molecule has 1 aromatic carbocycles. The topological polar surface area (TPSA) is 79.0 Å². The van der Waals surface area contributed by atoms with E-state index in [-0.39, 0.29) is 5.82 Å². The van der Waals surface area contributed by atoms with Crippen LogP contribution < -0.4 is 10.1 Å². The SMILES string of the molecule is CCNC(=NCc1ccnc(Oc2ccc(F)cc2)c1)N1CCN(Cc2ccon2)CC1. The summed E-state index contributed by atoms with van der Waals surface area (Å²) in [6.07, 6.45) is 3.30. The standard InChI is InChI=1S/C23H27FN6O2/c1-2-25-23(30-12-10-29(11-13-30)17-20-8-14-31-28-20)27-16-18-7-9-26-22(15-18)32-21-5-3-19(24)4-6-21/h3-9,14-15H,2,10-13,16-17H2,1H3,(H,25,27). The Balaban J connectivity index is 1.35. The van der Waals surface area contributed by atoms with Crippen LogP contribution in [0.25, 0.3) is 0 Å². The fraction of sp³-hybridized carbons (Fsp3) is 0.348. The first-order valence-electron chi connectivity index (χ1n) is 10.7. The molecular formula is C23H27FN6O2. The van der Waals surface area contributed by atoms with E-state index in [0.717, 1.165) is 56.5 Å². The summed E-state index contributed by atoms with van der Waals surface area (Å²) in [5.74, 6) is 1.59. The molecule has 1 N–H and O–H groups in total. The van der Waals surface area contributed by atoms with Gasteiger partial charge in [-0.15, -0.1) is 0 Å². The molecule has 0 radical (unpaired) electrons. The third kappa shape index (κ3) is 6.04. The molecule has 1 saturated heterocycles. The van der Waals surface area contributed by atoms with Gasteiger partial charge in [-0.1, -0.05) is 5.16 Å². The van der Waals surface area contributed by atoms with Gasteiger partial charge in [0.2, 0.25) is 5.88 Å². The lowest BCUT2D eigenvalue weighted by Gasteiger charge is -2.36. The Morgan fingerprint density at radius 2 is 1.97 bits per heavy atom. The third-order valence-electron chi connectivity index (χ3n) is 5.13. The van der Waals surface area contributed by atoms with Crippen LogP contribution >= 0.6 is 0 Å². The first kappa shape index (κ1) is 21.8. The van der Waals surface area contributed by atoms with E-state index in [1.165, 1.54) is 12.1 Å². The monoisotopic (exact) mass is 438 g/mol. The van der Waals surface area contributed by atoms with E-state index >= 15 is 0 Å². The molecule has 9 heteroatoms. The van der Waals surface area contributed by atoms with E-state index in [2.05, 4.69) is 32.2 Å². The molecule has 2 aromatic heterocycles. The van der Waals surface area contributed by atoms with Crippen molar-refractivity contribution < 1.29 is 13.7 Å². The zero-order valence-electron chi connectivity index (χ0n) is 18.1. The van der Waals surface area contributed by atoms with Crippen molar-refractivity contribution in [3.63, 3.8) is 0 Å². The Bertz CT molecular complexity index is 1000. The maximum absolute atomic E-state index is 13.1. The van der Waals surface area contributed by atoms with Crippen molar-refractivity contribution in [3.8, 4) is 11.6 Å². The summed E-state index contributed by atoms with van der Waals surface area (Å²) in [6, 6.07) is 11.5. The highest BCUT2D eigenvalue weighted by atomic mass is 19.1. The molecule has 3 heterocycles. The Hall–Kier alpha value is -3.46. The molecule has 0 unspecified atom stereocenters. The van der Waals surface area contributed by atoms with Gasteiger partial charge in [-0.2, -0.15) is 0 Å². The van der Waals surface area contributed by atoms with Gasteiger partial charge in [0.25, 0.3) is 0 Å². The summed E-state index contributed by atoms with van der Waals surface area (Å²) in [5.41, 5.74) is 1.94. The second-order valence-electron chi connectivity index (χ2n) is 7.48. The van der Waals surface area contributed by atoms with Gasteiger partial charge in [-0.25, -0.2) is 14.4 Å². The highest BCUT2D eigenvalue weighted by molar-refractivity contribution is 5.80. The molecule has 0 saturated carbocycles. The second-order valence-corrected chi connectivity index (χ2v) is 7.48. The summed E-state index contributed by atoms with van der Waals surface area (Å²) >= 11 is 0. The minimum Gasteiger partial charge on any atom is -0.439 e. The molecule has 0 spiro atoms. The summed E-state index contributed by atoms with van der Waals surface area (Å²) in [5, 5.41) is 7.39. The molecular weight excluding hydrogens is 411 g/mol. The number of guanidine groups is 1. The minimum absolute atomic E-state index is 0.302. The van der Waals surface area contributed by atoms with Gasteiger partial charge in [-0.05, 0) is 42.8 Å². The number of hydrogen-bond acceptors (Lipinski definition) is 6. The predicted octanol–water partition coefficient (Wildman–Crippen LogP) is 3.28. The van der Waals surface area contributed by atoms with Crippen LogP contribution in [0, 0.1) is 5.82 Å². The number of rotatable bonds is 7. The van der Waals surface area contributed by atoms with E-state index in [1.54, 1.807) is 24.6 Å². The molecule has 1 aliphatic heterocycles. The largest absolute Gasteiger partial charge is 0.439 e. The fourth-order valence-electron chi connectivity index (χ4n) is 3.49. The summed E-state index contributed by atoms with van der Waals surface area (Å²) in [7, 11) is 0. The van der Waals surface area contributed by atoms with Crippen LogP contribution in [0.4, 0.5) is 4.39 Å². The van der Waals surface area contributed by atoms with Crippen LogP contribution in [0.1, 0.15) is 18.2 Å². The zero-order chi connectivity index (χ0) is 22.2. The summed E-state index contributed by atoms with van der Waals surface area (Å²) < 4.78 is 23.7. The van der Waals surface area contributed by atoms with Crippen molar-refractivity contribution in [3.05, 3.63) is 72.0 Å². The third-order valence-corrected chi connectivity index (χ3v) is 5.13. The molecule has 0 amide bonds. The molecule has 3 aromatic rings. The molecule has 0 atom stereocenters. The number of aliphatic imine (C=N–C) groups is 1. The molecule has 4 rings (SSSR count). The van der Waals surface area contributed by atoms with Crippen molar-refractivity contribution in [2.45, 2.75) is 20.0 Å². The number of ether oxygens (including phenoxy) is 1. The number of piperazine rings is 1. The molecule has 168 valence electrons. The van der Waals surface area contributed by atoms with Crippen LogP contribution in [-0.2, 0) is 13.1 Å². The Kier molecular flexibility index (Phi) is 7.29. The Morgan fingerprint density at radius 3 is 2.69 bits per heavy atom. The number of pyridine rings is 1. The van der Waals surface area contributed by atoms with Crippen molar-refractivity contribution in [1.82, 2.24) is 25.3 Å². The quantitative estimate of drug-likeness (QED) is 0.448. The normalized spacial score (nSPS) is 15.1. The lowest BCUT2D eigenvalue weighted by atomic mass is 10.2. The molecule has 1 fully saturated rings. The second kappa shape index (κ2) is 10.7. The first-order chi connectivity index (χ1) is 15.7. The number of nitrogens with one attached hydrogen (secondary N) is 1. The molecule has 0 bridgehead atoms. The van der Waals surface area contributed by atoms with Crippen LogP contribution in [0.2, 0.25) is 0 Å². The Labute approximate surface area is 186 Å². The van der Waals surface area contributed by atoms with Gasteiger partial charge in [0, 0.05) is 57.6 Å². The van der Waals surface area contributed by atoms with E-state index < -0.39 is 0 Å². The average molecular weight is 439 g/mol. The van der Waals surface area contributed by atoms with Gasteiger partial charge in [0.05, 0.1) is 12.2 Å². The van der Waals surface area contributed by atoms with Crippen molar-refractivity contribution in [2.75, 3.05) is 32.7 Å².